The highest BCUT2D eigenvalue weighted by atomic mass is 16.5. The monoisotopic (exact) mass is 304 g/mol. The van der Waals surface area contributed by atoms with E-state index in [1.807, 2.05) is 6.08 Å². The topological polar surface area (TPSA) is 87.0 Å². The highest BCUT2D eigenvalue weighted by Crippen LogP contribution is 2.12. The number of carbonyl (C=O) groups is 1. The third-order valence-electron chi connectivity index (χ3n) is 3.78. The van der Waals surface area contributed by atoms with Crippen LogP contribution in [0, 0.1) is 0 Å². The minimum Gasteiger partial charge on any atom is -0.477 e. The molecule has 0 aliphatic rings. The number of allylic oxidation sites excluding steroid dienone is 1. The molecule has 0 bridgehead atoms. The van der Waals surface area contributed by atoms with Crippen molar-refractivity contribution in [3.8, 4) is 0 Å². The molecule has 0 aromatic carbocycles. The second kappa shape index (κ2) is 11.7. The summed E-state index contributed by atoms with van der Waals surface area (Å²) in [5.41, 5.74) is 0. The van der Waals surface area contributed by atoms with Crippen LogP contribution in [0.3, 0.4) is 0 Å². The van der Waals surface area contributed by atoms with Crippen molar-refractivity contribution in [2.24, 2.45) is 0 Å². The molecule has 0 radical (unpaired) electrons. The lowest BCUT2D eigenvalue weighted by Gasteiger charge is -2.37. The zero-order chi connectivity index (χ0) is 16.1. The van der Waals surface area contributed by atoms with Gasteiger partial charge < -0.3 is 20.1 Å². The van der Waals surface area contributed by atoms with Gasteiger partial charge in [0.05, 0.1) is 13.2 Å². The van der Waals surface area contributed by atoms with Crippen LogP contribution in [0.15, 0.2) is 12.2 Å². The molecule has 0 fully saturated rings. The molecule has 0 rings (SSSR count). The van der Waals surface area contributed by atoms with E-state index >= 15 is 0 Å². The van der Waals surface area contributed by atoms with Gasteiger partial charge in [-0.05, 0) is 19.8 Å². The van der Waals surface area contributed by atoms with Crippen LogP contribution in [0.25, 0.3) is 0 Å². The molecule has 0 saturated carbocycles. The number of unbranched alkanes of at least 4 members (excludes halogenated alkanes) is 3. The predicted molar refractivity (Wildman–Crippen MR) is 80.5 cm³/mol. The molecule has 3 N–H and O–H groups in total. The first-order valence-electron chi connectivity index (χ1n) is 7.57. The van der Waals surface area contributed by atoms with Crippen molar-refractivity contribution < 1.29 is 29.3 Å². The number of aliphatic carboxylic acids is 1. The number of hydrogen-bond acceptors (Lipinski definition) is 4. The van der Waals surface area contributed by atoms with E-state index < -0.39 is 25.5 Å². The number of quaternary nitrogens is 1. The lowest BCUT2D eigenvalue weighted by Crippen LogP contribution is -2.59. The van der Waals surface area contributed by atoms with E-state index in [9.17, 15) is 15.0 Å². The van der Waals surface area contributed by atoms with Gasteiger partial charge in [0.2, 0.25) is 0 Å². The average Bonchev–Trinajstić information content (AvgIpc) is 2.49. The Hall–Kier alpha value is -0.950. The van der Waals surface area contributed by atoms with Gasteiger partial charge in [-0.25, -0.2) is 4.79 Å². The maximum atomic E-state index is 11.0. The summed E-state index contributed by atoms with van der Waals surface area (Å²) in [6.07, 6.45) is 8.68. The fraction of sp³-hybridized carbons (Fsp3) is 0.800. The first-order chi connectivity index (χ1) is 10.0. The summed E-state index contributed by atoms with van der Waals surface area (Å²) in [4.78, 5) is 11.0. The Morgan fingerprint density at radius 1 is 1.24 bits per heavy atom. The standard InChI is InChI=1S/C15H29NO5/c1-3-4-5-6-7-8-10-21-11-9-16(12-17,13-18)14(2)15(19)20/h7-8,14,17-18H,3-6,9-13H2,1-2H3/p+1/b8-7+. The third-order valence-corrected chi connectivity index (χ3v) is 3.78. The van der Waals surface area contributed by atoms with Crippen LogP contribution in [0.5, 0.6) is 0 Å². The number of nitrogens with zero attached hydrogens (tertiary/aromatic N) is 1. The Morgan fingerprint density at radius 3 is 2.43 bits per heavy atom. The van der Waals surface area contributed by atoms with Crippen LogP contribution in [-0.4, -0.2) is 65.0 Å². The average molecular weight is 304 g/mol. The molecular weight excluding hydrogens is 274 g/mol. The fourth-order valence-corrected chi connectivity index (χ4v) is 1.95. The van der Waals surface area contributed by atoms with Gasteiger partial charge in [0, 0.05) is 0 Å². The molecule has 6 heteroatoms. The lowest BCUT2D eigenvalue weighted by atomic mass is 10.2. The molecule has 0 aliphatic heterocycles. The Morgan fingerprint density at radius 2 is 1.90 bits per heavy atom. The van der Waals surface area contributed by atoms with Gasteiger partial charge in [0.1, 0.15) is 6.54 Å². The highest BCUT2D eigenvalue weighted by molar-refractivity contribution is 5.71. The van der Waals surface area contributed by atoms with E-state index in [1.165, 1.54) is 26.2 Å². The lowest BCUT2D eigenvalue weighted by molar-refractivity contribution is -0.973. The quantitative estimate of drug-likeness (QED) is 0.207. The van der Waals surface area contributed by atoms with E-state index in [4.69, 9.17) is 9.84 Å². The SMILES string of the molecule is CCCCC/C=C/COCC[N+](CO)(CO)C(C)C(=O)O. The second-order valence-corrected chi connectivity index (χ2v) is 5.28. The third kappa shape index (κ3) is 7.57. The zero-order valence-electron chi connectivity index (χ0n) is 13.2. The molecule has 0 spiro atoms. The number of carboxylic acid groups (broad SMARTS) is 1. The Balaban J connectivity index is 4.02. The van der Waals surface area contributed by atoms with Gasteiger partial charge in [0.15, 0.2) is 19.5 Å². The van der Waals surface area contributed by atoms with Crippen LogP contribution >= 0.6 is 0 Å². The minimum atomic E-state index is -1.05. The van der Waals surface area contributed by atoms with Crippen molar-refractivity contribution in [3.05, 3.63) is 12.2 Å². The zero-order valence-corrected chi connectivity index (χ0v) is 13.2. The summed E-state index contributed by atoms with van der Waals surface area (Å²) in [6.45, 7) is 3.78. The van der Waals surface area contributed by atoms with Crippen LogP contribution in [-0.2, 0) is 9.53 Å². The number of aliphatic hydroxyl groups is 2. The molecule has 0 heterocycles. The van der Waals surface area contributed by atoms with Gasteiger partial charge in [-0.15, -0.1) is 0 Å². The van der Waals surface area contributed by atoms with E-state index in [0.29, 0.717) is 6.61 Å². The molecule has 0 aromatic heterocycles. The normalized spacial score (nSPS) is 13.7. The maximum Gasteiger partial charge on any atom is 0.362 e. The molecule has 21 heavy (non-hydrogen) atoms. The van der Waals surface area contributed by atoms with Crippen molar-refractivity contribution in [3.63, 3.8) is 0 Å². The maximum absolute atomic E-state index is 11.0. The molecule has 0 saturated heterocycles. The molecule has 6 nitrogen and oxygen atoms in total. The van der Waals surface area contributed by atoms with Gasteiger partial charge in [-0.3, -0.25) is 4.48 Å². The fourth-order valence-electron chi connectivity index (χ4n) is 1.95. The summed E-state index contributed by atoms with van der Waals surface area (Å²) >= 11 is 0. The van der Waals surface area contributed by atoms with Crippen molar-refractivity contribution in [2.45, 2.75) is 45.6 Å². The van der Waals surface area contributed by atoms with E-state index in [-0.39, 0.29) is 17.6 Å². The first kappa shape index (κ1) is 20.1. The number of hydrogen-bond donors (Lipinski definition) is 3. The Kier molecular flexibility index (Phi) is 11.2. The molecular formula is C15H30NO5+. The molecule has 1 atom stereocenters. The van der Waals surface area contributed by atoms with Crippen molar-refractivity contribution >= 4 is 5.97 Å². The number of carboxylic acids is 1. The van der Waals surface area contributed by atoms with Gasteiger partial charge >= 0.3 is 5.97 Å². The number of rotatable bonds is 13. The second-order valence-electron chi connectivity index (χ2n) is 5.28. The number of aliphatic hydroxyl groups excluding tert-OH is 2. The molecule has 0 aromatic rings. The van der Waals surface area contributed by atoms with Crippen LogP contribution in [0.2, 0.25) is 0 Å². The summed E-state index contributed by atoms with van der Waals surface area (Å²) in [5.74, 6) is -1.05. The van der Waals surface area contributed by atoms with Crippen molar-refractivity contribution in [2.75, 3.05) is 33.2 Å². The van der Waals surface area contributed by atoms with Crippen molar-refractivity contribution in [1.29, 1.82) is 0 Å². The van der Waals surface area contributed by atoms with E-state index in [2.05, 4.69) is 13.0 Å². The first-order valence-corrected chi connectivity index (χ1v) is 7.57. The predicted octanol–water partition coefficient (Wildman–Crippen LogP) is 1.33. The minimum absolute atomic E-state index is 0.254. The van der Waals surface area contributed by atoms with E-state index in [1.54, 1.807) is 0 Å². The van der Waals surface area contributed by atoms with Crippen LogP contribution in [0.1, 0.15) is 39.5 Å². The molecule has 0 aliphatic carbocycles. The smallest absolute Gasteiger partial charge is 0.362 e. The van der Waals surface area contributed by atoms with Crippen molar-refractivity contribution in [1.82, 2.24) is 0 Å². The highest BCUT2D eigenvalue weighted by Gasteiger charge is 2.37. The summed E-state index contributed by atoms with van der Waals surface area (Å²) in [6, 6.07) is -0.881. The summed E-state index contributed by atoms with van der Waals surface area (Å²) < 4.78 is 5.10. The van der Waals surface area contributed by atoms with E-state index in [0.717, 1.165) is 6.42 Å². The Labute approximate surface area is 127 Å². The largest absolute Gasteiger partial charge is 0.477 e. The molecule has 1 unspecified atom stereocenters. The molecule has 0 amide bonds. The van der Waals surface area contributed by atoms with Gasteiger partial charge in [0.25, 0.3) is 0 Å². The van der Waals surface area contributed by atoms with Crippen LogP contribution in [0.4, 0.5) is 0 Å². The summed E-state index contributed by atoms with van der Waals surface area (Å²) in [7, 11) is 0. The Bertz CT molecular complexity index is 302. The molecule has 124 valence electrons. The van der Waals surface area contributed by atoms with Gasteiger partial charge in [-0.1, -0.05) is 31.9 Å². The van der Waals surface area contributed by atoms with Crippen LogP contribution < -0.4 is 0 Å². The number of ether oxygens (including phenoxy) is 1. The summed E-state index contributed by atoms with van der Waals surface area (Å²) in [5, 5.41) is 27.8. The van der Waals surface area contributed by atoms with Gasteiger partial charge in [-0.2, -0.15) is 0 Å².